The molecule has 4 rings (SSSR count). The quantitative estimate of drug-likeness (QED) is 0.755. The summed E-state index contributed by atoms with van der Waals surface area (Å²) in [6.45, 7) is -1.24. The van der Waals surface area contributed by atoms with Gasteiger partial charge in [0.05, 0.1) is 12.1 Å². The van der Waals surface area contributed by atoms with E-state index in [1.165, 1.54) is 12.3 Å². The molecule has 3 aromatic rings. The second-order valence-electron chi connectivity index (χ2n) is 5.90. The molecular formula is C17H12F3N5O. The number of anilines is 1. The average Bonchev–Trinajstić information content (AvgIpc) is 3.08. The highest BCUT2D eigenvalue weighted by Crippen LogP contribution is 2.34. The highest BCUT2D eigenvalue weighted by atomic mass is 19.4. The van der Waals surface area contributed by atoms with Crippen molar-refractivity contribution in [1.82, 2.24) is 9.55 Å². The number of azo groups is 1. The van der Waals surface area contributed by atoms with E-state index in [2.05, 4.69) is 15.2 Å². The lowest BCUT2D eigenvalue weighted by atomic mass is 10.0. The Labute approximate surface area is 144 Å². The van der Waals surface area contributed by atoms with Crippen molar-refractivity contribution in [3.8, 4) is 11.1 Å². The van der Waals surface area contributed by atoms with Gasteiger partial charge < -0.3 is 5.73 Å². The Bertz CT molecular complexity index is 1120. The summed E-state index contributed by atoms with van der Waals surface area (Å²) >= 11 is 0. The summed E-state index contributed by atoms with van der Waals surface area (Å²) in [5.41, 5.74) is 6.89. The molecule has 0 atom stereocenters. The van der Waals surface area contributed by atoms with Gasteiger partial charge in [-0.25, -0.2) is 4.98 Å². The summed E-state index contributed by atoms with van der Waals surface area (Å²) in [6.07, 6.45) is -3.03. The minimum absolute atomic E-state index is 0.0320. The molecule has 0 saturated heterocycles. The summed E-state index contributed by atoms with van der Waals surface area (Å²) in [7, 11) is 0. The molecule has 9 heteroatoms. The maximum Gasteiger partial charge on any atom is 0.406 e. The van der Waals surface area contributed by atoms with Gasteiger partial charge in [0.1, 0.15) is 12.4 Å². The maximum atomic E-state index is 13.0. The van der Waals surface area contributed by atoms with Crippen molar-refractivity contribution >= 4 is 22.4 Å². The first kappa shape index (κ1) is 16.2. The molecule has 26 heavy (non-hydrogen) atoms. The van der Waals surface area contributed by atoms with Crippen LogP contribution in [0, 0.1) is 0 Å². The van der Waals surface area contributed by atoms with Crippen LogP contribution in [0.4, 0.5) is 24.7 Å². The zero-order valence-corrected chi connectivity index (χ0v) is 13.3. The second-order valence-corrected chi connectivity index (χ2v) is 5.90. The van der Waals surface area contributed by atoms with Crippen LogP contribution in [0.2, 0.25) is 0 Å². The fourth-order valence-corrected chi connectivity index (χ4v) is 3.11. The molecule has 2 aromatic heterocycles. The molecule has 1 aliphatic rings. The van der Waals surface area contributed by atoms with Gasteiger partial charge in [-0.15, -0.1) is 5.11 Å². The number of fused-ring (bicyclic) bond motifs is 3. The first-order valence-corrected chi connectivity index (χ1v) is 7.70. The number of hydrogen-bond acceptors (Lipinski definition) is 5. The van der Waals surface area contributed by atoms with Crippen LogP contribution >= 0.6 is 0 Å². The Hall–Kier alpha value is -3.23. The van der Waals surface area contributed by atoms with Gasteiger partial charge in [0.2, 0.25) is 0 Å². The maximum absolute atomic E-state index is 13.0. The lowest BCUT2D eigenvalue weighted by molar-refractivity contribution is -0.140. The minimum Gasteiger partial charge on any atom is -0.383 e. The van der Waals surface area contributed by atoms with Crippen molar-refractivity contribution < 1.29 is 13.2 Å². The molecular weight excluding hydrogens is 347 g/mol. The number of nitrogen functional groups attached to an aromatic ring is 1. The highest BCUT2D eigenvalue weighted by Gasteiger charge is 2.31. The SMILES string of the molecule is Nc1ncccc1-c1ccc2c3c(c(=O)n(CC(F)(F)F)c2c1)N=NC3. The third-order valence-corrected chi connectivity index (χ3v) is 4.23. The standard InChI is InChI=1S/C17H12F3N5O/c18-17(19,20)8-25-13-6-9(10-2-1-5-22-15(10)21)3-4-11(13)12-7-23-24-14(12)16(25)26/h1-6H,7-8H2,(H2,21,22). The lowest BCUT2D eigenvalue weighted by Gasteiger charge is -2.16. The number of benzene rings is 1. The van der Waals surface area contributed by atoms with E-state index in [4.69, 9.17) is 5.73 Å². The average molecular weight is 359 g/mol. The van der Waals surface area contributed by atoms with E-state index in [9.17, 15) is 18.0 Å². The molecule has 1 aromatic carbocycles. The molecule has 0 unspecified atom stereocenters. The summed E-state index contributed by atoms with van der Waals surface area (Å²) < 4.78 is 39.8. The number of aromatic nitrogens is 2. The summed E-state index contributed by atoms with van der Waals surface area (Å²) in [5.74, 6) is 0.253. The largest absolute Gasteiger partial charge is 0.406 e. The number of rotatable bonds is 2. The van der Waals surface area contributed by atoms with Gasteiger partial charge in [-0.05, 0) is 23.8 Å². The number of nitrogens with two attached hydrogens (primary N) is 1. The molecule has 2 N–H and O–H groups in total. The number of hydrogen-bond donors (Lipinski definition) is 1. The molecule has 0 bridgehead atoms. The predicted octanol–water partition coefficient (Wildman–Crippen LogP) is 3.81. The van der Waals surface area contributed by atoms with Gasteiger partial charge >= 0.3 is 6.18 Å². The first-order chi connectivity index (χ1) is 12.3. The van der Waals surface area contributed by atoms with Crippen LogP contribution in [-0.4, -0.2) is 15.7 Å². The molecule has 3 heterocycles. The minimum atomic E-state index is -4.55. The summed E-state index contributed by atoms with van der Waals surface area (Å²) in [4.78, 5) is 16.5. The Morgan fingerprint density at radius 1 is 1.23 bits per heavy atom. The van der Waals surface area contributed by atoms with Crippen molar-refractivity contribution in [3.05, 3.63) is 52.4 Å². The van der Waals surface area contributed by atoms with Crippen LogP contribution in [0.25, 0.3) is 22.0 Å². The lowest BCUT2D eigenvalue weighted by Crippen LogP contribution is -2.28. The number of halogens is 3. The number of nitrogens with zero attached hydrogens (tertiary/aromatic N) is 4. The molecule has 0 fully saturated rings. The van der Waals surface area contributed by atoms with Crippen molar-refractivity contribution in [3.63, 3.8) is 0 Å². The molecule has 6 nitrogen and oxygen atoms in total. The van der Waals surface area contributed by atoms with Gasteiger partial charge in [0.15, 0.2) is 5.69 Å². The second kappa shape index (κ2) is 5.65. The molecule has 132 valence electrons. The smallest absolute Gasteiger partial charge is 0.383 e. The van der Waals surface area contributed by atoms with Crippen molar-refractivity contribution in [2.24, 2.45) is 10.2 Å². The topological polar surface area (TPSA) is 85.6 Å². The van der Waals surface area contributed by atoms with E-state index in [-0.39, 0.29) is 23.6 Å². The molecule has 0 aliphatic carbocycles. The number of alkyl halides is 3. The molecule has 0 spiro atoms. The Morgan fingerprint density at radius 2 is 2.04 bits per heavy atom. The highest BCUT2D eigenvalue weighted by molar-refractivity contribution is 5.91. The summed E-state index contributed by atoms with van der Waals surface area (Å²) in [5, 5.41) is 8.04. The van der Waals surface area contributed by atoms with Crippen molar-refractivity contribution in [2.75, 3.05) is 5.73 Å². The van der Waals surface area contributed by atoms with Gasteiger partial charge in [-0.3, -0.25) is 9.36 Å². The van der Waals surface area contributed by atoms with Crippen molar-refractivity contribution in [1.29, 1.82) is 0 Å². The van der Waals surface area contributed by atoms with Crippen LogP contribution in [-0.2, 0) is 13.1 Å². The van der Waals surface area contributed by atoms with E-state index < -0.39 is 18.3 Å². The van der Waals surface area contributed by atoms with Crippen LogP contribution in [0.1, 0.15) is 5.56 Å². The van der Waals surface area contributed by atoms with Gasteiger partial charge in [0.25, 0.3) is 5.56 Å². The van der Waals surface area contributed by atoms with Crippen LogP contribution in [0.3, 0.4) is 0 Å². The van der Waals surface area contributed by atoms with Crippen LogP contribution in [0.5, 0.6) is 0 Å². The normalized spacial score (nSPS) is 13.3. The van der Waals surface area contributed by atoms with Gasteiger partial charge in [-0.1, -0.05) is 12.1 Å². The third kappa shape index (κ3) is 2.61. The van der Waals surface area contributed by atoms with E-state index in [1.54, 1.807) is 24.3 Å². The summed E-state index contributed by atoms with van der Waals surface area (Å²) in [6, 6.07) is 8.32. The third-order valence-electron chi connectivity index (χ3n) is 4.23. The van der Waals surface area contributed by atoms with E-state index in [0.717, 1.165) is 0 Å². The Morgan fingerprint density at radius 3 is 2.77 bits per heavy atom. The zero-order valence-electron chi connectivity index (χ0n) is 13.3. The molecule has 1 aliphatic heterocycles. The Kier molecular flexibility index (Phi) is 3.53. The number of pyridine rings is 2. The van der Waals surface area contributed by atoms with E-state index >= 15 is 0 Å². The van der Waals surface area contributed by atoms with Crippen molar-refractivity contribution in [2.45, 2.75) is 19.3 Å². The first-order valence-electron chi connectivity index (χ1n) is 7.70. The molecule has 0 amide bonds. The molecule has 0 radical (unpaired) electrons. The monoisotopic (exact) mass is 359 g/mol. The van der Waals surface area contributed by atoms with E-state index in [0.29, 0.717) is 26.6 Å². The Balaban J connectivity index is 2.03. The fraction of sp³-hybridized carbons (Fsp3) is 0.176. The van der Waals surface area contributed by atoms with Crippen LogP contribution < -0.4 is 11.3 Å². The van der Waals surface area contributed by atoms with Gasteiger partial charge in [-0.2, -0.15) is 18.3 Å². The zero-order chi connectivity index (χ0) is 18.5. The molecule has 0 saturated carbocycles. The predicted molar refractivity (Wildman–Crippen MR) is 90.1 cm³/mol. The fourth-order valence-electron chi connectivity index (χ4n) is 3.11. The van der Waals surface area contributed by atoms with Crippen LogP contribution in [0.15, 0.2) is 51.6 Å². The van der Waals surface area contributed by atoms with E-state index in [1.807, 2.05) is 0 Å². The van der Waals surface area contributed by atoms with Gasteiger partial charge in [0, 0.05) is 22.7 Å².